The van der Waals surface area contributed by atoms with E-state index in [2.05, 4.69) is 5.32 Å². The molecule has 31 heavy (non-hydrogen) atoms. The zero-order valence-electron chi connectivity index (χ0n) is 15.8. The van der Waals surface area contributed by atoms with Crippen LogP contribution < -0.4 is 5.32 Å². The SMILES string of the molecule is CP(=O)(O)C(C(=O)NC=Cc1cc(F)cc(C(F)(F)F)c1)c1csc2ccc(Cl)cc12. The molecule has 1 amide bonds. The van der Waals surface area contributed by atoms with Gasteiger partial charge in [-0.25, -0.2) is 4.39 Å². The van der Waals surface area contributed by atoms with Gasteiger partial charge >= 0.3 is 6.18 Å². The van der Waals surface area contributed by atoms with Gasteiger partial charge in [0.2, 0.25) is 13.3 Å². The highest BCUT2D eigenvalue weighted by molar-refractivity contribution is 7.58. The van der Waals surface area contributed by atoms with Gasteiger partial charge in [-0.05, 0) is 64.4 Å². The van der Waals surface area contributed by atoms with Crippen molar-refractivity contribution < 1.29 is 31.8 Å². The van der Waals surface area contributed by atoms with Crippen LogP contribution in [0.15, 0.2) is 48.0 Å². The second kappa shape index (κ2) is 8.74. The number of carbonyl (C=O) groups excluding carboxylic acids is 1. The van der Waals surface area contributed by atoms with Crippen LogP contribution in [-0.2, 0) is 15.5 Å². The maximum absolute atomic E-state index is 13.5. The minimum atomic E-state index is -4.73. The van der Waals surface area contributed by atoms with Crippen LogP contribution in [0.1, 0.15) is 22.3 Å². The fourth-order valence-electron chi connectivity index (χ4n) is 3.02. The molecule has 3 rings (SSSR count). The van der Waals surface area contributed by atoms with Gasteiger partial charge in [0.05, 0.1) is 5.56 Å². The molecule has 0 saturated heterocycles. The van der Waals surface area contributed by atoms with Gasteiger partial charge < -0.3 is 10.2 Å². The minimum Gasteiger partial charge on any atom is -0.344 e. The van der Waals surface area contributed by atoms with Gasteiger partial charge in [-0.15, -0.1) is 11.3 Å². The maximum Gasteiger partial charge on any atom is 0.416 e. The molecule has 0 aliphatic rings. The molecule has 0 aliphatic heterocycles. The molecule has 4 nitrogen and oxygen atoms in total. The molecule has 2 atom stereocenters. The Morgan fingerprint density at radius 2 is 1.97 bits per heavy atom. The van der Waals surface area contributed by atoms with Gasteiger partial charge in [0, 0.05) is 22.6 Å². The van der Waals surface area contributed by atoms with Gasteiger partial charge in [-0.3, -0.25) is 9.36 Å². The molecule has 0 fully saturated rings. The monoisotopic (exact) mass is 491 g/mol. The fourth-order valence-corrected chi connectivity index (χ4v) is 5.50. The first kappa shape index (κ1) is 23.5. The van der Waals surface area contributed by atoms with Crippen LogP contribution in [0.2, 0.25) is 5.02 Å². The summed E-state index contributed by atoms with van der Waals surface area (Å²) in [4.78, 5) is 22.9. The first-order valence-electron chi connectivity index (χ1n) is 8.67. The maximum atomic E-state index is 13.5. The van der Waals surface area contributed by atoms with Crippen LogP contribution in [0.25, 0.3) is 16.2 Å². The fraction of sp³-hybridized carbons (Fsp3) is 0.150. The van der Waals surface area contributed by atoms with Crippen LogP contribution in [0, 0.1) is 5.82 Å². The van der Waals surface area contributed by atoms with E-state index >= 15 is 0 Å². The topological polar surface area (TPSA) is 66.4 Å². The van der Waals surface area contributed by atoms with Crippen LogP contribution in [-0.4, -0.2) is 17.5 Å². The lowest BCUT2D eigenvalue weighted by molar-refractivity contribution is -0.137. The highest BCUT2D eigenvalue weighted by Crippen LogP contribution is 2.54. The van der Waals surface area contributed by atoms with E-state index in [4.69, 9.17) is 11.6 Å². The Morgan fingerprint density at radius 3 is 2.61 bits per heavy atom. The molecule has 0 aliphatic carbocycles. The molecule has 0 radical (unpaired) electrons. The molecule has 2 aromatic carbocycles. The van der Waals surface area contributed by atoms with Crippen LogP contribution in [0.5, 0.6) is 0 Å². The van der Waals surface area contributed by atoms with Gasteiger partial charge in [-0.2, -0.15) is 13.2 Å². The molecule has 11 heteroatoms. The van der Waals surface area contributed by atoms with Gasteiger partial charge in [0.15, 0.2) is 0 Å². The van der Waals surface area contributed by atoms with E-state index < -0.39 is 36.5 Å². The predicted octanol–water partition coefficient (Wildman–Crippen LogP) is 6.44. The Morgan fingerprint density at radius 1 is 1.26 bits per heavy atom. The summed E-state index contributed by atoms with van der Waals surface area (Å²) in [6.07, 6.45) is -2.67. The second-order valence-electron chi connectivity index (χ2n) is 6.79. The third-order valence-corrected chi connectivity index (χ3v) is 7.02. The van der Waals surface area contributed by atoms with Crippen molar-refractivity contribution in [2.45, 2.75) is 11.8 Å². The number of amides is 1. The molecule has 164 valence electrons. The molecule has 0 bridgehead atoms. The Bertz CT molecular complexity index is 1220. The van der Waals surface area contributed by atoms with E-state index in [1.54, 1.807) is 23.6 Å². The summed E-state index contributed by atoms with van der Waals surface area (Å²) in [6, 6.07) is 6.90. The molecule has 3 aromatic rings. The summed E-state index contributed by atoms with van der Waals surface area (Å²) >= 11 is 7.28. The van der Waals surface area contributed by atoms with E-state index in [9.17, 15) is 31.8 Å². The third kappa shape index (κ3) is 5.54. The number of benzene rings is 2. The van der Waals surface area contributed by atoms with Gasteiger partial charge in [0.1, 0.15) is 11.5 Å². The number of alkyl halides is 3. The number of nitrogens with one attached hydrogen (secondary N) is 1. The Labute approximate surface area is 183 Å². The Kier molecular flexibility index (Phi) is 6.62. The summed E-state index contributed by atoms with van der Waals surface area (Å²) in [5.41, 5.74) is -2.43. The van der Waals surface area contributed by atoms with E-state index in [0.717, 1.165) is 29.7 Å². The van der Waals surface area contributed by atoms with Crippen molar-refractivity contribution >= 4 is 52.4 Å². The Balaban J connectivity index is 1.88. The van der Waals surface area contributed by atoms with Crippen molar-refractivity contribution in [1.82, 2.24) is 5.32 Å². The molecular weight excluding hydrogens is 477 g/mol. The number of halogens is 5. The lowest BCUT2D eigenvalue weighted by Crippen LogP contribution is -2.25. The second-order valence-corrected chi connectivity index (χ2v) is 10.5. The minimum absolute atomic E-state index is 0.138. The zero-order valence-corrected chi connectivity index (χ0v) is 18.2. The van der Waals surface area contributed by atoms with E-state index in [0.29, 0.717) is 28.1 Å². The predicted molar refractivity (Wildman–Crippen MR) is 114 cm³/mol. The van der Waals surface area contributed by atoms with Crippen molar-refractivity contribution in [1.29, 1.82) is 0 Å². The van der Waals surface area contributed by atoms with Crippen molar-refractivity contribution in [3.63, 3.8) is 0 Å². The molecule has 2 N–H and O–H groups in total. The largest absolute Gasteiger partial charge is 0.416 e. The number of hydrogen-bond acceptors (Lipinski definition) is 3. The van der Waals surface area contributed by atoms with Gasteiger partial charge in [0.25, 0.3) is 0 Å². The number of thiophene rings is 1. The molecule has 2 unspecified atom stereocenters. The summed E-state index contributed by atoms with van der Waals surface area (Å²) in [7, 11) is -3.98. The molecule has 0 saturated carbocycles. The first-order chi connectivity index (χ1) is 14.4. The lowest BCUT2D eigenvalue weighted by atomic mass is 10.1. The molecule has 0 spiro atoms. The third-order valence-electron chi connectivity index (χ3n) is 4.34. The van der Waals surface area contributed by atoms with E-state index in [1.165, 1.54) is 11.3 Å². The van der Waals surface area contributed by atoms with Gasteiger partial charge in [-0.1, -0.05) is 11.6 Å². The van der Waals surface area contributed by atoms with Crippen molar-refractivity contribution in [2.75, 3.05) is 6.66 Å². The number of fused-ring (bicyclic) bond motifs is 1. The van der Waals surface area contributed by atoms with Crippen LogP contribution in [0.4, 0.5) is 17.6 Å². The molecule has 1 aromatic heterocycles. The van der Waals surface area contributed by atoms with Crippen LogP contribution in [0.3, 0.4) is 0 Å². The summed E-state index contributed by atoms with van der Waals surface area (Å²) in [6.45, 7) is 1.04. The van der Waals surface area contributed by atoms with E-state index in [-0.39, 0.29) is 5.56 Å². The lowest BCUT2D eigenvalue weighted by Gasteiger charge is -2.18. The molecule has 1 heterocycles. The highest BCUT2D eigenvalue weighted by Gasteiger charge is 2.36. The standard InChI is InChI=1S/C20H15ClF4NO3PS/c1-30(28,29)18(16-10-31-17-3-2-13(21)9-15(16)17)19(27)26-5-4-11-6-12(20(23,24)25)8-14(22)7-11/h2-10,18H,1H3,(H,26,27)(H,28,29). The smallest absolute Gasteiger partial charge is 0.344 e. The van der Waals surface area contributed by atoms with Crippen molar-refractivity contribution in [3.05, 3.63) is 75.5 Å². The quantitative estimate of drug-likeness (QED) is 0.319. The van der Waals surface area contributed by atoms with Crippen molar-refractivity contribution in [3.8, 4) is 0 Å². The van der Waals surface area contributed by atoms with Crippen LogP contribution >= 0.6 is 30.3 Å². The average Bonchev–Trinajstić information content (AvgIpc) is 3.02. The summed E-state index contributed by atoms with van der Waals surface area (Å²) < 4.78 is 65.2. The van der Waals surface area contributed by atoms with Crippen molar-refractivity contribution in [2.24, 2.45) is 0 Å². The normalized spacial score (nSPS) is 15.2. The molecular formula is C20H15ClF4NO3PS. The first-order valence-corrected chi connectivity index (χ1v) is 12.1. The van der Waals surface area contributed by atoms with E-state index in [1.807, 2.05) is 0 Å². The zero-order chi connectivity index (χ0) is 23.0. The average molecular weight is 492 g/mol. The summed E-state index contributed by atoms with van der Waals surface area (Å²) in [5.74, 6) is -1.93. The number of hydrogen-bond donors (Lipinski definition) is 2. The number of carbonyl (C=O) groups is 1. The summed E-state index contributed by atoms with van der Waals surface area (Å²) in [5, 5.41) is 4.83. The number of rotatable bonds is 5. The highest BCUT2D eigenvalue weighted by atomic mass is 35.5. The Hall–Kier alpha value is -2.19.